The molecule has 90 valence electrons. The van der Waals surface area contributed by atoms with Gasteiger partial charge >= 0.3 is 0 Å². The van der Waals surface area contributed by atoms with Gasteiger partial charge in [-0.1, -0.05) is 5.92 Å². The Morgan fingerprint density at radius 2 is 2.50 bits per heavy atom. The minimum absolute atomic E-state index is 0.176. The van der Waals surface area contributed by atoms with E-state index in [2.05, 4.69) is 16.6 Å². The van der Waals surface area contributed by atoms with Crippen molar-refractivity contribution in [2.45, 2.75) is 19.3 Å². The highest BCUT2D eigenvalue weighted by Gasteiger charge is 2.16. The molecule has 1 aliphatic heterocycles. The molecule has 0 radical (unpaired) electrons. The summed E-state index contributed by atoms with van der Waals surface area (Å²) in [5, 5.41) is 6.25. The summed E-state index contributed by atoms with van der Waals surface area (Å²) in [7, 11) is 0. The predicted octanol–water partition coefficient (Wildman–Crippen LogP) is 0.859. The second kappa shape index (κ2) is 8.49. The molecule has 0 saturated carbocycles. The Balaban J connectivity index is 1.99. The first-order chi connectivity index (χ1) is 7.83. The average Bonchev–Trinajstić information content (AvgIpc) is 2.30. The van der Waals surface area contributed by atoms with E-state index in [1.165, 1.54) is 12.8 Å². The van der Waals surface area contributed by atoms with Crippen molar-refractivity contribution in [1.29, 1.82) is 0 Å². The van der Waals surface area contributed by atoms with E-state index in [1.807, 2.05) is 0 Å². The number of thioether (sulfide) groups is 1. The zero-order chi connectivity index (χ0) is 11.6. The lowest BCUT2D eigenvalue weighted by Gasteiger charge is -2.22. The Morgan fingerprint density at radius 1 is 1.62 bits per heavy atom. The first kappa shape index (κ1) is 13.4. The highest BCUT2D eigenvalue weighted by molar-refractivity contribution is 7.99. The number of nitrogens with one attached hydrogen (secondary N) is 2. The molecule has 0 spiro atoms. The van der Waals surface area contributed by atoms with Crippen LogP contribution in [0.2, 0.25) is 0 Å². The van der Waals surface area contributed by atoms with Gasteiger partial charge in [-0.05, 0) is 31.8 Å². The summed E-state index contributed by atoms with van der Waals surface area (Å²) < 4.78 is 0. The second-order valence-electron chi connectivity index (χ2n) is 4.02. The standard InChI is InChI=1S/C12H20N2OS/c1-2-7-16-8-6-14-12(15)9-11-4-3-5-13-10-11/h1,11,13H,3-10H2,(H,14,15). The smallest absolute Gasteiger partial charge is 0.220 e. The molecule has 1 amide bonds. The van der Waals surface area contributed by atoms with Gasteiger partial charge in [-0.25, -0.2) is 0 Å². The molecule has 4 heteroatoms. The van der Waals surface area contributed by atoms with Crippen LogP contribution in [0.1, 0.15) is 19.3 Å². The number of piperidine rings is 1. The maximum Gasteiger partial charge on any atom is 0.220 e. The molecule has 0 aromatic carbocycles. The van der Waals surface area contributed by atoms with Gasteiger partial charge in [0, 0.05) is 18.7 Å². The van der Waals surface area contributed by atoms with E-state index in [-0.39, 0.29) is 5.91 Å². The molecular formula is C12H20N2OS. The molecule has 0 bridgehead atoms. The molecule has 0 aromatic heterocycles. The Kier molecular flexibility index (Phi) is 7.11. The van der Waals surface area contributed by atoms with Crippen molar-refractivity contribution in [3.8, 4) is 12.3 Å². The van der Waals surface area contributed by atoms with Crippen LogP contribution >= 0.6 is 11.8 Å². The molecule has 1 saturated heterocycles. The van der Waals surface area contributed by atoms with Crippen molar-refractivity contribution in [1.82, 2.24) is 10.6 Å². The van der Waals surface area contributed by atoms with Crippen molar-refractivity contribution in [3.63, 3.8) is 0 Å². The van der Waals surface area contributed by atoms with Crippen LogP contribution < -0.4 is 10.6 Å². The Labute approximate surface area is 102 Å². The van der Waals surface area contributed by atoms with Crippen LogP contribution in [0, 0.1) is 18.3 Å². The molecule has 1 atom stereocenters. The largest absolute Gasteiger partial charge is 0.355 e. The number of terminal acetylenes is 1. The van der Waals surface area contributed by atoms with Crippen LogP contribution in [0.15, 0.2) is 0 Å². The van der Waals surface area contributed by atoms with Crippen molar-refractivity contribution >= 4 is 17.7 Å². The van der Waals surface area contributed by atoms with Crippen LogP contribution in [-0.4, -0.2) is 37.0 Å². The quantitative estimate of drug-likeness (QED) is 0.534. The van der Waals surface area contributed by atoms with Crippen molar-refractivity contribution in [2.75, 3.05) is 31.1 Å². The van der Waals surface area contributed by atoms with E-state index in [9.17, 15) is 4.79 Å². The predicted molar refractivity (Wildman–Crippen MR) is 69.4 cm³/mol. The van der Waals surface area contributed by atoms with Gasteiger partial charge in [-0.2, -0.15) is 0 Å². The number of carbonyl (C=O) groups is 1. The van der Waals surface area contributed by atoms with E-state index < -0.39 is 0 Å². The summed E-state index contributed by atoms with van der Waals surface area (Å²) in [6.07, 6.45) is 8.15. The minimum atomic E-state index is 0.176. The molecule has 1 heterocycles. The van der Waals surface area contributed by atoms with Crippen molar-refractivity contribution in [3.05, 3.63) is 0 Å². The Hall–Kier alpha value is -0.660. The van der Waals surface area contributed by atoms with Crippen LogP contribution in [0.25, 0.3) is 0 Å². The fourth-order valence-electron chi connectivity index (χ4n) is 1.83. The zero-order valence-electron chi connectivity index (χ0n) is 9.63. The number of hydrogen-bond acceptors (Lipinski definition) is 3. The van der Waals surface area contributed by atoms with Crippen LogP contribution in [0.5, 0.6) is 0 Å². The fourth-order valence-corrected chi connectivity index (χ4v) is 2.33. The number of hydrogen-bond donors (Lipinski definition) is 2. The summed E-state index contributed by atoms with van der Waals surface area (Å²) in [6, 6.07) is 0. The highest BCUT2D eigenvalue weighted by Crippen LogP contribution is 2.13. The summed E-state index contributed by atoms with van der Waals surface area (Å²) >= 11 is 1.68. The molecule has 0 aromatic rings. The van der Waals surface area contributed by atoms with Gasteiger partial charge in [0.2, 0.25) is 5.91 Å². The molecule has 0 aliphatic carbocycles. The molecule has 16 heavy (non-hydrogen) atoms. The number of amides is 1. The van der Waals surface area contributed by atoms with E-state index in [1.54, 1.807) is 11.8 Å². The van der Waals surface area contributed by atoms with Crippen LogP contribution in [-0.2, 0) is 4.79 Å². The Morgan fingerprint density at radius 3 is 3.19 bits per heavy atom. The van der Waals surface area contributed by atoms with Gasteiger partial charge in [0.25, 0.3) is 0 Å². The monoisotopic (exact) mass is 240 g/mol. The first-order valence-electron chi connectivity index (χ1n) is 5.81. The fraction of sp³-hybridized carbons (Fsp3) is 0.750. The molecule has 2 N–H and O–H groups in total. The molecule has 1 aliphatic rings. The van der Waals surface area contributed by atoms with Gasteiger partial charge < -0.3 is 10.6 Å². The van der Waals surface area contributed by atoms with Crippen molar-refractivity contribution < 1.29 is 4.79 Å². The van der Waals surface area contributed by atoms with E-state index in [4.69, 9.17) is 6.42 Å². The number of rotatable bonds is 6. The lowest BCUT2D eigenvalue weighted by atomic mass is 9.96. The van der Waals surface area contributed by atoms with E-state index >= 15 is 0 Å². The summed E-state index contributed by atoms with van der Waals surface area (Å²) in [5.74, 6) is 4.89. The van der Waals surface area contributed by atoms with Crippen LogP contribution in [0.3, 0.4) is 0 Å². The van der Waals surface area contributed by atoms with Gasteiger partial charge in [0.1, 0.15) is 0 Å². The van der Waals surface area contributed by atoms with E-state index in [0.29, 0.717) is 12.3 Å². The van der Waals surface area contributed by atoms with Gasteiger partial charge in [0.05, 0.1) is 5.75 Å². The lowest BCUT2D eigenvalue weighted by molar-refractivity contribution is -0.122. The maximum atomic E-state index is 11.6. The second-order valence-corrected chi connectivity index (χ2v) is 5.13. The van der Waals surface area contributed by atoms with E-state index in [0.717, 1.165) is 31.1 Å². The zero-order valence-corrected chi connectivity index (χ0v) is 10.4. The van der Waals surface area contributed by atoms with Crippen molar-refractivity contribution in [2.24, 2.45) is 5.92 Å². The van der Waals surface area contributed by atoms with Gasteiger partial charge in [-0.15, -0.1) is 18.2 Å². The summed E-state index contributed by atoms with van der Waals surface area (Å²) in [6.45, 7) is 2.81. The summed E-state index contributed by atoms with van der Waals surface area (Å²) in [4.78, 5) is 11.6. The van der Waals surface area contributed by atoms with Gasteiger partial charge in [-0.3, -0.25) is 4.79 Å². The SMILES string of the molecule is C#CCSCCNC(=O)CC1CCCNC1. The summed E-state index contributed by atoms with van der Waals surface area (Å²) in [5.41, 5.74) is 0. The number of carbonyl (C=O) groups excluding carboxylic acids is 1. The minimum Gasteiger partial charge on any atom is -0.355 e. The molecule has 3 nitrogen and oxygen atoms in total. The van der Waals surface area contributed by atoms with Gasteiger partial charge in [0.15, 0.2) is 0 Å². The third-order valence-electron chi connectivity index (χ3n) is 2.63. The molecular weight excluding hydrogens is 220 g/mol. The maximum absolute atomic E-state index is 11.6. The molecule has 1 rings (SSSR count). The normalized spacial score (nSPS) is 20.1. The highest BCUT2D eigenvalue weighted by atomic mass is 32.2. The third kappa shape index (κ3) is 6.04. The Bertz CT molecular complexity index is 244. The molecule has 1 fully saturated rings. The third-order valence-corrected chi connectivity index (χ3v) is 3.49. The molecule has 1 unspecified atom stereocenters. The first-order valence-corrected chi connectivity index (χ1v) is 6.97. The topological polar surface area (TPSA) is 41.1 Å². The van der Waals surface area contributed by atoms with Crippen LogP contribution in [0.4, 0.5) is 0 Å². The lowest BCUT2D eigenvalue weighted by Crippen LogP contribution is -2.34. The average molecular weight is 240 g/mol.